The summed E-state index contributed by atoms with van der Waals surface area (Å²) < 4.78 is 37.4. The Morgan fingerprint density at radius 2 is 1.89 bits per heavy atom. The Hall–Kier alpha value is -2.39. The molecule has 1 amide bonds. The molecule has 0 aliphatic carbocycles. The number of amides is 1. The van der Waals surface area contributed by atoms with Crippen molar-refractivity contribution in [2.45, 2.75) is 11.8 Å². The van der Waals surface area contributed by atoms with Crippen LogP contribution in [0.1, 0.15) is 6.92 Å². The first-order valence-corrected chi connectivity index (χ1v) is 11.6. The van der Waals surface area contributed by atoms with Crippen molar-refractivity contribution in [2.75, 3.05) is 41.4 Å². The standard InChI is InChI=1S/C19H22N2O5S2/c1-3-28(23,24)21(15-7-8-17-18(12-15)26-10-9-25-17)13-19(22)20-14-5-4-6-16(11-14)27-2/h4-8,11-12H,3,9-10,13H2,1-2H3,(H,20,22). The van der Waals surface area contributed by atoms with Crippen molar-refractivity contribution < 1.29 is 22.7 Å². The summed E-state index contributed by atoms with van der Waals surface area (Å²) in [5.41, 5.74) is 0.979. The molecule has 1 heterocycles. The summed E-state index contributed by atoms with van der Waals surface area (Å²) in [4.78, 5) is 13.6. The quantitative estimate of drug-likeness (QED) is 0.691. The van der Waals surface area contributed by atoms with Crippen LogP contribution in [0.2, 0.25) is 0 Å². The molecular weight excluding hydrogens is 400 g/mol. The summed E-state index contributed by atoms with van der Waals surface area (Å²) in [5.74, 6) is 0.469. The molecule has 1 aliphatic heterocycles. The fourth-order valence-electron chi connectivity index (χ4n) is 2.73. The molecule has 0 fully saturated rings. The number of hydrogen-bond acceptors (Lipinski definition) is 6. The second-order valence-electron chi connectivity index (χ2n) is 6.02. The zero-order valence-corrected chi connectivity index (χ0v) is 17.3. The molecule has 1 N–H and O–H groups in total. The third kappa shape index (κ3) is 4.71. The highest BCUT2D eigenvalue weighted by molar-refractivity contribution is 7.98. The monoisotopic (exact) mass is 422 g/mol. The summed E-state index contributed by atoms with van der Waals surface area (Å²) in [5, 5.41) is 2.76. The van der Waals surface area contributed by atoms with Gasteiger partial charge in [0.05, 0.1) is 11.4 Å². The normalized spacial score (nSPS) is 13.1. The lowest BCUT2D eigenvalue weighted by atomic mass is 10.2. The van der Waals surface area contributed by atoms with Crippen molar-refractivity contribution in [3.8, 4) is 11.5 Å². The van der Waals surface area contributed by atoms with Crippen LogP contribution in [0.4, 0.5) is 11.4 Å². The lowest BCUT2D eigenvalue weighted by Crippen LogP contribution is -2.39. The molecule has 0 saturated carbocycles. The maximum Gasteiger partial charge on any atom is 0.245 e. The molecule has 0 bridgehead atoms. The van der Waals surface area contributed by atoms with Crippen LogP contribution in [0.15, 0.2) is 47.4 Å². The molecular formula is C19H22N2O5S2. The Bertz CT molecular complexity index is 963. The molecule has 150 valence electrons. The molecule has 28 heavy (non-hydrogen) atoms. The van der Waals surface area contributed by atoms with Gasteiger partial charge in [-0.3, -0.25) is 9.10 Å². The Balaban J connectivity index is 1.83. The topological polar surface area (TPSA) is 84.9 Å². The van der Waals surface area contributed by atoms with E-state index in [0.29, 0.717) is 36.1 Å². The molecule has 3 rings (SSSR count). The van der Waals surface area contributed by atoms with Gasteiger partial charge in [0.15, 0.2) is 11.5 Å². The van der Waals surface area contributed by atoms with Crippen molar-refractivity contribution in [3.05, 3.63) is 42.5 Å². The van der Waals surface area contributed by atoms with E-state index >= 15 is 0 Å². The number of benzene rings is 2. The highest BCUT2D eigenvalue weighted by Crippen LogP contribution is 2.34. The first-order valence-electron chi connectivity index (χ1n) is 8.77. The third-order valence-electron chi connectivity index (χ3n) is 4.16. The van der Waals surface area contributed by atoms with Gasteiger partial charge in [-0.2, -0.15) is 0 Å². The number of nitrogens with zero attached hydrogens (tertiary/aromatic N) is 1. The Morgan fingerprint density at radius 3 is 2.61 bits per heavy atom. The minimum absolute atomic E-state index is 0.128. The molecule has 2 aromatic rings. The summed E-state index contributed by atoms with van der Waals surface area (Å²) >= 11 is 1.56. The van der Waals surface area contributed by atoms with E-state index in [1.165, 1.54) is 0 Å². The molecule has 0 radical (unpaired) electrons. The smallest absolute Gasteiger partial charge is 0.245 e. The van der Waals surface area contributed by atoms with Crippen LogP contribution >= 0.6 is 11.8 Å². The van der Waals surface area contributed by atoms with E-state index in [1.54, 1.807) is 43.0 Å². The molecule has 0 aromatic heterocycles. The van der Waals surface area contributed by atoms with Gasteiger partial charge < -0.3 is 14.8 Å². The van der Waals surface area contributed by atoms with Crippen LogP contribution in [0.5, 0.6) is 11.5 Å². The highest BCUT2D eigenvalue weighted by Gasteiger charge is 2.25. The Kier molecular flexibility index (Phi) is 6.35. The second kappa shape index (κ2) is 8.74. The molecule has 2 aromatic carbocycles. The van der Waals surface area contributed by atoms with Crippen molar-refractivity contribution in [2.24, 2.45) is 0 Å². The third-order valence-corrected chi connectivity index (χ3v) is 6.62. The van der Waals surface area contributed by atoms with Gasteiger partial charge in [0, 0.05) is 16.6 Å². The average Bonchev–Trinajstić information content (AvgIpc) is 2.71. The largest absolute Gasteiger partial charge is 0.486 e. The van der Waals surface area contributed by atoms with Crippen LogP contribution in [0, 0.1) is 0 Å². The zero-order chi connectivity index (χ0) is 20.1. The van der Waals surface area contributed by atoms with Crippen molar-refractivity contribution in [3.63, 3.8) is 0 Å². The van der Waals surface area contributed by atoms with Gasteiger partial charge in [-0.1, -0.05) is 6.07 Å². The van der Waals surface area contributed by atoms with E-state index in [1.807, 2.05) is 24.5 Å². The van der Waals surface area contributed by atoms with E-state index in [9.17, 15) is 13.2 Å². The molecule has 7 nitrogen and oxygen atoms in total. The van der Waals surface area contributed by atoms with Gasteiger partial charge in [-0.15, -0.1) is 11.8 Å². The molecule has 1 aliphatic rings. The van der Waals surface area contributed by atoms with Crippen LogP contribution in [-0.2, 0) is 14.8 Å². The molecule has 0 unspecified atom stereocenters. The molecule has 0 saturated heterocycles. The van der Waals surface area contributed by atoms with Gasteiger partial charge >= 0.3 is 0 Å². The first-order chi connectivity index (χ1) is 13.4. The summed E-state index contributed by atoms with van der Waals surface area (Å²) in [6, 6.07) is 12.2. The number of rotatable bonds is 7. The number of ether oxygens (including phenoxy) is 2. The summed E-state index contributed by atoms with van der Waals surface area (Å²) in [6.45, 7) is 2.05. The van der Waals surface area contributed by atoms with E-state index < -0.39 is 15.9 Å². The van der Waals surface area contributed by atoms with Crippen molar-refractivity contribution >= 4 is 39.1 Å². The fourth-order valence-corrected chi connectivity index (χ4v) is 4.24. The van der Waals surface area contributed by atoms with Crippen LogP contribution < -0.4 is 19.1 Å². The minimum Gasteiger partial charge on any atom is -0.486 e. The SMILES string of the molecule is CCS(=O)(=O)N(CC(=O)Nc1cccc(SC)c1)c1ccc2c(c1)OCCO2. The van der Waals surface area contributed by atoms with E-state index in [-0.39, 0.29) is 12.3 Å². The number of hydrogen-bond donors (Lipinski definition) is 1. The Morgan fingerprint density at radius 1 is 1.14 bits per heavy atom. The highest BCUT2D eigenvalue weighted by atomic mass is 32.2. The lowest BCUT2D eigenvalue weighted by molar-refractivity contribution is -0.114. The number of nitrogens with one attached hydrogen (secondary N) is 1. The van der Waals surface area contributed by atoms with Crippen molar-refractivity contribution in [1.29, 1.82) is 0 Å². The predicted molar refractivity (Wildman–Crippen MR) is 111 cm³/mol. The van der Waals surface area contributed by atoms with Crippen LogP contribution in [0.3, 0.4) is 0 Å². The fraction of sp³-hybridized carbons (Fsp3) is 0.316. The van der Waals surface area contributed by atoms with Crippen molar-refractivity contribution in [1.82, 2.24) is 0 Å². The molecule has 9 heteroatoms. The predicted octanol–water partition coefficient (Wildman–Crippen LogP) is 2.97. The average molecular weight is 423 g/mol. The van der Waals surface area contributed by atoms with Gasteiger partial charge in [-0.05, 0) is 43.5 Å². The number of fused-ring (bicyclic) bond motifs is 1. The van der Waals surface area contributed by atoms with Gasteiger partial charge in [-0.25, -0.2) is 8.42 Å². The van der Waals surface area contributed by atoms with E-state index in [0.717, 1.165) is 9.20 Å². The van der Waals surface area contributed by atoms with E-state index in [2.05, 4.69) is 5.32 Å². The summed E-state index contributed by atoms with van der Waals surface area (Å²) in [7, 11) is -3.67. The number of anilines is 2. The van der Waals surface area contributed by atoms with Crippen LogP contribution in [-0.4, -0.2) is 46.1 Å². The first kappa shape index (κ1) is 20.3. The second-order valence-corrected chi connectivity index (χ2v) is 9.08. The number of carbonyl (C=O) groups is 1. The number of carbonyl (C=O) groups excluding carboxylic acids is 1. The van der Waals surface area contributed by atoms with Gasteiger partial charge in [0.25, 0.3) is 0 Å². The summed E-state index contributed by atoms with van der Waals surface area (Å²) in [6.07, 6.45) is 1.94. The van der Waals surface area contributed by atoms with E-state index in [4.69, 9.17) is 9.47 Å². The zero-order valence-electron chi connectivity index (χ0n) is 15.7. The maximum absolute atomic E-state index is 12.6. The maximum atomic E-state index is 12.6. The van der Waals surface area contributed by atoms with Crippen LogP contribution in [0.25, 0.3) is 0 Å². The molecule has 0 spiro atoms. The molecule has 0 atom stereocenters. The van der Waals surface area contributed by atoms with Gasteiger partial charge in [0.1, 0.15) is 19.8 Å². The number of thioether (sulfide) groups is 1. The minimum atomic E-state index is -3.67. The number of sulfonamides is 1. The lowest BCUT2D eigenvalue weighted by Gasteiger charge is -2.25. The van der Waals surface area contributed by atoms with Gasteiger partial charge in [0.2, 0.25) is 15.9 Å². The Labute approximate surface area is 169 Å².